The Hall–Kier alpha value is -2.10. The fourth-order valence-electron chi connectivity index (χ4n) is 1.61. The second-order valence-corrected chi connectivity index (χ2v) is 3.58. The maximum Gasteiger partial charge on any atom is 0.231 e. The smallest absolute Gasteiger partial charge is 0.231 e. The van der Waals surface area contributed by atoms with E-state index in [0.29, 0.717) is 22.8 Å². The van der Waals surface area contributed by atoms with Gasteiger partial charge in [0.15, 0.2) is 11.5 Å². The van der Waals surface area contributed by atoms with Crippen molar-refractivity contribution in [1.29, 1.82) is 0 Å². The van der Waals surface area contributed by atoms with Gasteiger partial charge in [0.05, 0.1) is 0 Å². The lowest BCUT2D eigenvalue weighted by molar-refractivity contribution is 0.173. The summed E-state index contributed by atoms with van der Waals surface area (Å²) in [6, 6.07) is 1.54. The van der Waals surface area contributed by atoms with E-state index in [1.807, 2.05) is 6.92 Å². The molecule has 4 heteroatoms. The zero-order valence-corrected chi connectivity index (χ0v) is 8.99. The number of benzene rings is 1. The summed E-state index contributed by atoms with van der Waals surface area (Å²) in [5.41, 5.74) is 7.35. The molecule has 0 unspecified atom stereocenters. The highest BCUT2D eigenvalue weighted by atomic mass is 16.7. The molecule has 3 N–H and O–H groups in total. The molecule has 0 fully saturated rings. The molecule has 84 valence electrons. The van der Waals surface area contributed by atoms with Gasteiger partial charge in [0, 0.05) is 22.9 Å². The van der Waals surface area contributed by atoms with Gasteiger partial charge in [0.1, 0.15) is 5.75 Å². The predicted molar refractivity (Wildman–Crippen MR) is 61.3 cm³/mol. The van der Waals surface area contributed by atoms with Crippen LogP contribution in [0.3, 0.4) is 0 Å². The average Bonchev–Trinajstić information content (AvgIpc) is 2.64. The van der Waals surface area contributed by atoms with Crippen LogP contribution in [0.5, 0.6) is 17.2 Å². The minimum absolute atomic E-state index is 0.138. The molecule has 0 saturated heterocycles. The molecule has 2 rings (SSSR count). The van der Waals surface area contributed by atoms with Crippen molar-refractivity contribution in [2.24, 2.45) is 5.73 Å². The molecule has 0 aliphatic carbocycles. The standard InChI is InChI=1S/C12H13NO3/c1-7(13)3-4-9-8(2)12-11(5-10(9)14)15-6-16-12/h3-5,14H,1,6,13H2,2H3/b4-3+. The fourth-order valence-corrected chi connectivity index (χ4v) is 1.61. The number of phenols is 1. The lowest BCUT2D eigenvalue weighted by Crippen LogP contribution is -1.94. The number of rotatable bonds is 2. The third-order valence-electron chi connectivity index (χ3n) is 2.39. The predicted octanol–water partition coefficient (Wildman–Crippen LogP) is 1.91. The normalized spacial score (nSPS) is 13.3. The average molecular weight is 219 g/mol. The van der Waals surface area contributed by atoms with Crippen LogP contribution in [0.2, 0.25) is 0 Å². The highest BCUT2D eigenvalue weighted by Crippen LogP contribution is 2.42. The van der Waals surface area contributed by atoms with Crippen LogP contribution < -0.4 is 15.2 Å². The van der Waals surface area contributed by atoms with Crippen molar-refractivity contribution in [3.63, 3.8) is 0 Å². The van der Waals surface area contributed by atoms with Crippen molar-refractivity contribution in [3.05, 3.63) is 35.5 Å². The molecule has 1 heterocycles. The first-order valence-corrected chi connectivity index (χ1v) is 4.84. The Bertz CT molecular complexity index is 478. The minimum atomic E-state index is 0.138. The van der Waals surface area contributed by atoms with Gasteiger partial charge in [-0.05, 0) is 19.1 Å². The monoisotopic (exact) mass is 219 g/mol. The molecule has 16 heavy (non-hydrogen) atoms. The molecule has 0 bridgehead atoms. The lowest BCUT2D eigenvalue weighted by Gasteiger charge is -2.07. The number of allylic oxidation sites excluding steroid dienone is 1. The van der Waals surface area contributed by atoms with Gasteiger partial charge in [-0.15, -0.1) is 0 Å². The Balaban J connectivity index is 2.50. The number of hydrogen-bond acceptors (Lipinski definition) is 4. The van der Waals surface area contributed by atoms with Crippen LogP contribution in [-0.2, 0) is 0 Å². The number of nitrogens with two attached hydrogens (primary N) is 1. The van der Waals surface area contributed by atoms with Gasteiger partial charge in [0.2, 0.25) is 6.79 Å². The first-order valence-electron chi connectivity index (χ1n) is 4.84. The second-order valence-electron chi connectivity index (χ2n) is 3.58. The zero-order chi connectivity index (χ0) is 11.7. The molecule has 0 atom stereocenters. The molecule has 0 amide bonds. The third-order valence-corrected chi connectivity index (χ3v) is 2.39. The number of hydrogen-bond donors (Lipinski definition) is 2. The SMILES string of the molecule is C=C(N)/C=C/c1c(O)cc2c(c1C)OCO2. The Morgan fingerprint density at radius 3 is 3.00 bits per heavy atom. The molecule has 0 radical (unpaired) electrons. The number of ether oxygens (including phenoxy) is 2. The van der Waals surface area contributed by atoms with Crippen LogP contribution in [-0.4, -0.2) is 11.9 Å². The first kappa shape index (κ1) is 10.4. The molecule has 1 aromatic carbocycles. The highest BCUT2D eigenvalue weighted by Gasteiger charge is 2.20. The van der Waals surface area contributed by atoms with E-state index < -0.39 is 0 Å². The van der Waals surface area contributed by atoms with E-state index in [-0.39, 0.29) is 12.5 Å². The summed E-state index contributed by atoms with van der Waals surface area (Å²) in [5, 5.41) is 9.81. The Morgan fingerprint density at radius 1 is 1.56 bits per heavy atom. The topological polar surface area (TPSA) is 64.7 Å². The summed E-state index contributed by atoms with van der Waals surface area (Å²) in [6.45, 7) is 5.60. The van der Waals surface area contributed by atoms with Crippen molar-refractivity contribution < 1.29 is 14.6 Å². The van der Waals surface area contributed by atoms with Crippen LogP contribution >= 0.6 is 0 Å². The molecule has 4 nitrogen and oxygen atoms in total. The van der Waals surface area contributed by atoms with Crippen molar-refractivity contribution in [1.82, 2.24) is 0 Å². The fraction of sp³-hybridized carbons (Fsp3) is 0.167. The van der Waals surface area contributed by atoms with Crippen molar-refractivity contribution in [2.75, 3.05) is 6.79 Å². The molecular weight excluding hydrogens is 206 g/mol. The van der Waals surface area contributed by atoms with Gasteiger partial charge in [-0.2, -0.15) is 0 Å². The lowest BCUT2D eigenvalue weighted by atomic mass is 10.0. The first-order chi connectivity index (χ1) is 7.59. The minimum Gasteiger partial charge on any atom is -0.507 e. The maximum absolute atomic E-state index is 9.81. The van der Waals surface area contributed by atoms with Crippen molar-refractivity contribution in [3.8, 4) is 17.2 Å². The van der Waals surface area contributed by atoms with E-state index in [1.165, 1.54) is 6.07 Å². The zero-order valence-electron chi connectivity index (χ0n) is 8.99. The summed E-state index contributed by atoms with van der Waals surface area (Å²) >= 11 is 0. The van der Waals surface area contributed by atoms with Crippen LogP contribution in [0, 0.1) is 6.92 Å². The van der Waals surface area contributed by atoms with Gasteiger partial charge < -0.3 is 20.3 Å². The van der Waals surface area contributed by atoms with Gasteiger partial charge >= 0.3 is 0 Å². The summed E-state index contributed by atoms with van der Waals surface area (Å²) in [6.07, 6.45) is 3.33. The Labute approximate surface area is 93.6 Å². The second kappa shape index (κ2) is 3.81. The van der Waals surface area contributed by atoms with Gasteiger partial charge in [-0.1, -0.05) is 6.58 Å². The largest absolute Gasteiger partial charge is 0.507 e. The molecule has 1 aliphatic heterocycles. The van der Waals surface area contributed by atoms with E-state index in [9.17, 15) is 5.11 Å². The van der Waals surface area contributed by atoms with Crippen molar-refractivity contribution >= 4 is 6.08 Å². The van der Waals surface area contributed by atoms with Crippen LogP contribution in [0.15, 0.2) is 24.4 Å². The van der Waals surface area contributed by atoms with Crippen molar-refractivity contribution in [2.45, 2.75) is 6.92 Å². The van der Waals surface area contributed by atoms with Crippen LogP contribution in [0.25, 0.3) is 6.08 Å². The molecular formula is C12H13NO3. The summed E-state index contributed by atoms with van der Waals surface area (Å²) in [5.74, 6) is 1.37. The van der Waals surface area contributed by atoms with Gasteiger partial charge in [-0.3, -0.25) is 0 Å². The van der Waals surface area contributed by atoms with E-state index >= 15 is 0 Å². The Kier molecular flexibility index (Phi) is 2.48. The van der Waals surface area contributed by atoms with Gasteiger partial charge in [0.25, 0.3) is 0 Å². The summed E-state index contributed by atoms with van der Waals surface area (Å²) < 4.78 is 10.5. The van der Waals surface area contributed by atoms with E-state index in [2.05, 4.69) is 6.58 Å². The molecule has 0 aromatic heterocycles. The van der Waals surface area contributed by atoms with Gasteiger partial charge in [-0.25, -0.2) is 0 Å². The third kappa shape index (κ3) is 1.69. The molecule has 1 aromatic rings. The summed E-state index contributed by atoms with van der Waals surface area (Å²) in [7, 11) is 0. The number of aromatic hydroxyl groups is 1. The number of phenolic OH excluding ortho intramolecular Hbond substituents is 1. The molecule has 0 saturated carbocycles. The number of fused-ring (bicyclic) bond motifs is 1. The quantitative estimate of drug-likeness (QED) is 0.746. The van der Waals surface area contributed by atoms with Crippen LogP contribution in [0.1, 0.15) is 11.1 Å². The van der Waals surface area contributed by atoms with E-state index in [1.54, 1.807) is 12.2 Å². The molecule has 0 spiro atoms. The van der Waals surface area contributed by atoms with Crippen LogP contribution in [0.4, 0.5) is 0 Å². The molecule has 1 aliphatic rings. The maximum atomic E-state index is 9.81. The summed E-state index contributed by atoms with van der Waals surface area (Å²) in [4.78, 5) is 0. The highest BCUT2D eigenvalue weighted by molar-refractivity contribution is 5.69. The van der Waals surface area contributed by atoms with E-state index in [4.69, 9.17) is 15.2 Å². The Morgan fingerprint density at radius 2 is 2.31 bits per heavy atom. The van der Waals surface area contributed by atoms with E-state index in [0.717, 1.165) is 5.56 Å².